The number of hydrogen-bond donors (Lipinski definition) is 1. The molecule has 0 bridgehead atoms. The number of carbonyl (C=O) groups excluding carboxylic acids is 1. The maximum absolute atomic E-state index is 13.4. The molecule has 1 N–H and O–H groups in total. The van der Waals surface area contributed by atoms with E-state index in [9.17, 15) is 13.2 Å². The number of amides is 1. The lowest BCUT2D eigenvalue weighted by molar-refractivity contribution is -0.126. The fourth-order valence-electron chi connectivity index (χ4n) is 4.67. The van der Waals surface area contributed by atoms with Crippen LogP contribution in [-0.4, -0.2) is 68.0 Å². The van der Waals surface area contributed by atoms with E-state index in [-0.39, 0.29) is 22.5 Å². The largest absolute Gasteiger partial charge is 0.356 e. The highest BCUT2D eigenvalue weighted by atomic mass is 32.2. The highest BCUT2D eigenvalue weighted by Gasteiger charge is 2.35. The minimum atomic E-state index is -3.76. The van der Waals surface area contributed by atoms with E-state index >= 15 is 0 Å². The zero-order valence-corrected chi connectivity index (χ0v) is 21.4. The van der Waals surface area contributed by atoms with Gasteiger partial charge in [-0.1, -0.05) is 17.6 Å². The first kappa shape index (κ1) is 25.1. The highest BCUT2D eigenvalue weighted by Crippen LogP contribution is 2.29. The van der Waals surface area contributed by atoms with Gasteiger partial charge in [0.05, 0.1) is 0 Å². The van der Waals surface area contributed by atoms with Crippen molar-refractivity contribution >= 4 is 39.4 Å². The van der Waals surface area contributed by atoms with Crippen molar-refractivity contribution in [2.24, 2.45) is 5.92 Å². The van der Waals surface area contributed by atoms with E-state index < -0.39 is 10.0 Å². The second-order valence-corrected chi connectivity index (χ2v) is 11.9. The Hall–Kier alpha value is -2.01. The standard InChI is InChI=1S/C24H34N4O4S2/c1-19-23(22(32-26-19)9-8-21-7-5-18-33-21)34(30,31)28-16-10-20(11-17-28)24(29)25-12-6-15-27-13-3-2-4-14-27/h5,7-9,18,20H,2-4,6,10-17H2,1H3,(H,25,29)/b9-8+. The number of nitrogens with one attached hydrogen (secondary N) is 1. The summed E-state index contributed by atoms with van der Waals surface area (Å²) in [6, 6.07) is 3.88. The van der Waals surface area contributed by atoms with E-state index in [1.54, 1.807) is 24.3 Å². The van der Waals surface area contributed by atoms with Crippen LogP contribution in [-0.2, 0) is 14.8 Å². The zero-order chi connectivity index (χ0) is 24.0. The van der Waals surface area contributed by atoms with Crippen molar-refractivity contribution in [1.29, 1.82) is 0 Å². The van der Waals surface area contributed by atoms with Crippen molar-refractivity contribution < 1.29 is 17.7 Å². The first-order valence-corrected chi connectivity index (χ1v) is 14.4. The quantitative estimate of drug-likeness (QED) is 0.522. The molecule has 2 aromatic heterocycles. The summed E-state index contributed by atoms with van der Waals surface area (Å²) >= 11 is 1.56. The van der Waals surface area contributed by atoms with Crippen LogP contribution in [0.1, 0.15) is 54.9 Å². The number of thiophene rings is 1. The fourth-order valence-corrected chi connectivity index (χ4v) is 7.01. The van der Waals surface area contributed by atoms with E-state index in [4.69, 9.17) is 4.52 Å². The Morgan fingerprint density at radius 3 is 2.68 bits per heavy atom. The molecule has 186 valence electrons. The summed E-state index contributed by atoms with van der Waals surface area (Å²) < 4.78 is 33.5. The molecular weight excluding hydrogens is 472 g/mol. The Labute approximate surface area is 206 Å². The topological polar surface area (TPSA) is 95.8 Å². The molecule has 34 heavy (non-hydrogen) atoms. The molecule has 0 radical (unpaired) electrons. The number of hydrogen-bond acceptors (Lipinski definition) is 7. The molecule has 2 aromatic rings. The van der Waals surface area contributed by atoms with E-state index in [2.05, 4.69) is 15.4 Å². The third kappa shape index (κ3) is 6.16. The summed E-state index contributed by atoms with van der Waals surface area (Å²) in [4.78, 5) is 16.2. The molecule has 2 fully saturated rings. The lowest BCUT2D eigenvalue weighted by atomic mass is 9.97. The SMILES string of the molecule is Cc1noc(/C=C/c2cccs2)c1S(=O)(=O)N1CCC(C(=O)NCCCN2CCCCC2)CC1. The molecule has 4 heterocycles. The predicted molar refractivity (Wildman–Crippen MR) is 134 cm³/mol. The highest BCUT2D eigenvalue weighted by molar-refractivity contribution is 7.89. The van der Waals surface area contributed by atoms with Crippen molar-refractivity contribution in [3.8, 4) is 0 Å². The molecular formula is C24H34N4O4S2. The Bertz CT molecular complexity index is 1060. The van der Waals surface area contributed by atoms with Crippen LogP contribution in [0.5, 0.6) is 0 Å². The van der Waals surface area contributed by atoms with Gasteiger partial charge in [-0.15, -0.1) is 11.3 Å². The molecule has 1 amide bonds. The van der Waals surface area contributed by atoms with E-state index in [1.807, 2.05) is 23.6 Å². The third-order valence-electron chi connectivity index (χ3n) is 6.60. The van der Waals surface area contributed by atoms with Crippen LogP contribution in [0.15, 0.2) is 26.9 Å². The molecule has 0 spiro atoms. The number of nitrogens with zero attached hydrogens (tertiary/aromatic N) is 3. The summed E-state index contributed by atoms with van der Waals surface area (Å²) in [6.45, 7) is 6.30. The molecule has 2 saturated heterocycles. The maximum Gasteiger partial charge on any atom is 0.248 e. The van der Waals surface area contributed by atoms with Crippen LogP contribution < -0.4 is 5.32 Å². The van der Waals surface area contributed by atoms with Gasteiger partial charge in [-0.3, -0.25) is 4.79 Å². The van der Waals surface area contributed by atoms with E-state index in [1.165, 1.54) is 23.6 Å². The van der Waals surface area contributed by atoms with E-state index in [0.717, 1.165) is 30.9 Å². The van der Waals surface area contributed by atoms with Gasteiger partial charge in [0, 0.05) is 30.4 Å². The summed E-state index contributed by atoms with van der Waals surface area (Å²) in [5, 5.41) is 8.91. The van der Waals surface area contributed by atoms with Crippen LogP contribution in [0.2, 0.25) is 0 Å². The smallest absolute Gasteiger partial charge is 0.248 e. The van der Waals surface area contributed by atoms with Gasteiger partial charge in [0.2, 0.25) is 15.9 Å². The first-order chi connectivity index (χ1) is 16.4. The van der Waals surface area contributed by atoms with Gasteiger partial charge in [-0.2, -0.15) is 4.31 Å². The third-order valence-corrected chi connectivity index (χ3v) is 9.49. The van der Waals surface area contributed by atoms with Crippen LogP contribution in [0, 0.1) is 12.8 Å². The molecule has 4 rings (SSSR count). The molecule has 0 aromatic carbocycles. The number of likely N-dealkylation sites (tertiary alicyclic amines) is 1. The molecule has 2 aliphatic rings. The number of sulfonamides is 1. The minimum Gasteiger partial charge on any atom is -0.356 e. The average molecular weight is 507 g/mol. The summed E-state index contributed by atoms with van der Waals surface area (Å²) in [6.07, 6.45) is 9.33. The number of carbonyl (C=O) groups is 1. The van der Waals surface area contributed by atoms with Gasteiger partial charge in [0.25, 0.3) is 0 Å². The minimum absolute atomic E-state index is 0.0384. The lowest BCUT2D eigenvalue weighted by Gasteiger charge is -2.30. The summed E-state index contributed by atoms with van der Waals surface area (Å²) in [5.74, 6) is 0.124. The maximum atomic E-state index is 13.4. The average Bonchev–Trinajstić information content (AvgIpc) is 3.51. The predicted octanol–water partition coefficient (Wildman–Crippen LogP) is 3.61. The van der Waals surface area contributed by atoms with Crippen molar-refractivity contribution in [3.05, 3.63) is 33.8 Å². The fraction of sp³-hybridized carbons (Fsp3) is 0.583. The lowest BCUT2D eigenvalue weighted by Crippen LogP contribution is -2.43. The number of aromatic nitrogens is 1. The number of aryl methyl sites for hydroxylation is 1. The summed E-state index contributed by atoms with van der Waals surface area (Å²) in [5.41, 5.74) is 0.347. The molecule has 0 unspecified atom stereocenters. The normalized spacial score (nSPS) is 19.1. The summed E-state index contributed by atoms with van der Waals surface area (Å²) in [7, 11) is -3.76. The molecule has 0 atom stereocenters. The van der Waals surface area contributed by atoms with Crippen molar-refractivity contribution in [2.45, 2.75) is 50.3 Å². The molecule has 2 aliphatic heterocycles. The Morgan fingerprint density at radius 2 is 1.97 bits per heavy atom. The van der Waals surface area contributed by atoms with Gasteiger partial charge in [0.15, 0.2) is 10.7 Å². The van der Waals surface area contributed by atoms with Gasteiger partial charge in [-0.25, -0.2) is 8.42 Å². The van der Waals surface area contributed by atoms with Gasteiger partial charge in [-0.05, 0) is 82.3 Å². The van der Waals surface area contributed by atoms with Crippen molar-refractivity contribution in [3.63, 3.8) is 0 Å². The number of rotatable bonds is 9. The monoisotopic (exact) mass is 506 g/mol. The van der Waals surface area contributed by atoms with Crippen LogP contribution in [0.4, 0.5) is 0 Å². The van der Waals surface area contributed by atoms with Gasteiger partial charge < -0.3 is 14.7 Å². The molecule has 8 nitrogen and oxygen atoms in total. The molecule has 10 heteroatoms. The van der Waals surface area contributed by atoms with E-state index in [0.29, 0.717) is 38.2 Å². The Kier molecular flexibility index (Phi) is 8.57. The van der Waals surface area contributed by atoms with Crippen LogP contribution in [0.25, 0.3) is 12.2 Å². The number of piperidine rings is 2. The molecule has 0 saturated carbocycles. The van der Waals surface area contributed by atoms with Crippen molar-refractivity contribution in [1.82, 2.24) is 19.7 Å². The zero-order valence-electron chi connectivity index (χ0n) is 19.7. The Balaban J connectivity index is 1.28. The van der Waals surface area contributed by atoms with Crippen LogP contribution >= 0.6 is 11.3 Å². The van der Waals surface area contributed by atoms with Gasteiger partial charge in [0.1, 0.15) is 5.69 Å². The first-order valence-electron chi connectivity index (χ1n) is 12.1. The van der Waals surface area contributed by atoms with Crippen molar-refractivity contribution in [2.75, 3.05) is 39.3 Å². The Morgan fingerprint density at radius 1 is 1.21 bits per heavy atom. The molecule has 0 aliphatic carbocycles. The van der Waals surface area contributed by atoms with Crippen LogP contribution in [0.3, 0.4) is 0 Å². The van der Waals surface area contributed by atoms with Gasteiger partial charge >= 0.3 is 0 Å². The second-order valence-electron chi connectivity index (χ2n) is 9.04. The second kappa shape index (κ2) is 11.6.